The Labute approximate surface area is 208 Å². The molecule has 0 bridgehead atoms. The number of nitro benzene ring substituents is 1. The molecule has 0 saturated carbocycles. The largest absolute Gasteiger partial charge is 0.507 e. The summed E-state index contributed by atoms with van der Waals surface area (Å²) in [6.07, 6.45) is 0.814. The number of hydrogen-bond acceptors (Lipinski definition) is 7. The molecule has 1 aromatic heterocycles. The quantitative estimate of drug-likeness (QED) is 0.126. The van der Waals surface area contributed by atoms with Crippen molar-refractivity contribution in [1.29, 1.82) is 0 Å². The van der Waals surface area contributed by atoms with Crippen LogP contribution < -0.4 is 4.90 Å². The number of aliphatic hydroxyl groups excluding tert-OH is 1. The number of nitrogens with zero attached hydrogens (tertiary/aromatic N) is 3. The number of Topliss-reactive ketones (excluding diaryl/α,β-unsaturated/α-hetero) is 1. The van der Waals surface area contributed by atoms with Gasteiger partial charge in [0.05, 0.1) is 26.8 Å². The van der Waals surface area contributed by atoms with Crippen LogP contribution in [0.2, 0.25) is 0 Å². The number of benzene rings is 3. The minimum absolute atomic E-state index is 0.151. The molecule has 3 aromatic carbocycles. The van der Waals surface area contributed by atoms with Crippen molar-refractivity contribution in [3.05, 3.63) is 105 Å². The maximum Gasteiger partial charge on any atom is 0.301 e. The fourth-order valence-electron chi connectivity index (χ4n) is 4.17. The highest BCUT2D eigenvalue weighted by Crippen LogP contribution is 2.44. The zero-order chi connectivity index (χ0) is 25.6. The lowest BCUT2D eigenvalue weighted by Crippen LogP contribution is -2.29. The standard InChI is InChI=1S/C26H18FN3O5S/c1-2-14-3-12-19-20(13-14)36-26(28-19)29-22(15-6-10-18(11-7-15)30(34)35)21(24(32)25(29)33)23(31)16-4-8-17(27)9-5-16/h3-13,22,31H,2H2,1H3/b23-21+/t22-/m0/s1. The Kier molecular flexibility index (Phi) is 5.81. The van der Waals surface area contributed by atoms with Gasteiger partial charge in [-0.25, -0.2) is 9.37 Å². The highest BCUT2D eigenvalue weighted by molar-refractivity contribution is 7.22. The molecule has 10 heteroatoms. The van der Waals surface area contributed by atoms with Crippen LogP contribution in [0.5, 0.6) is 0 Å². The van der Waals surface area contributed by atoms with Crippen molar-refractivity contribution in [3.8, 4) is 0 Å². The lowest BCUT2D eigenvalue weighted by Gasteiger charge is -2.22. The molecule has 2 heterocycles. The summed E-state index contributed by atoms with van der Waals surface area (Å²) in [5, 5.41) is 22.5. The van der Waals surface area contributed by atoms with Crippen LogP contribution in [0.4, 0.5) is 15.2 Å². The first-order chi connectivity index (χ1) is 17.3. The zero-order valence-electron chi connectivity index (χ0n) is 18.8. The number of aromatic nitrogens is 1. The van der Waals surface area contributed by atoms with Crippen LogP contribution in [0, 0.1) is 15.9 Å². The predicted octanol–water partition coefficient (Wildman–Crippen LogP) is 5.53. The van der Waals surface area contributed by atoms with Gasteiger partial charge >= 0.3 is 5.91 Å². The van der Waals surface area contributed by atoms with E-state index >= 15 is 0 Å². The van der Waals surface area contributed by atoms with Crippen molar-refractivity contribution in [2.45, 2.75) is 19.4 Å². The zero-order valence-corrected chi connectivity index (χ0v) is 19.7. The number of amides is 1. The summed E-state index contributed by atoms with van der Waals surface area (Å²) in [6, 6.07) is 14.9. The van der Waals surface area contributed by atoms with Crippen LogP contribution in [0.25, 0.3) is 16.0 Å². The molecule has 8 nitrogen and oxygen atoms in total. The molecule has 1 saturated heterocycles. The van der Waals surface area contributed by atoms with E-state index in [9.17, 15) is 29.2 Å². The van der Waals surface area contributed by atoms with Crippen LogP contribution in [-0.4, -0.2) is 26.7 Å². The third-order valence-electron chi connectivity index (χ3n) is 6.04. The third kappa shape index (κ3) is 3.91. The monoisotopic (exact) mass is 503 g/mol. The van der Waals surface area contributed by atoms with Gasteiger partial charge in [-0.1, -0.05) is 24.3 Å². The fraction of sp³-hybridized carbons (Fsp3) is 0.115. The minimum atomic E-state index is -1.10. The number of halogens is 1. The molecule has 0 spiro atoms. The number of hydrogen-bond donors (Lipinski definition) is 1. The van der Waals surface area contributed by atoms with Crippen molar-refractivity contribution < 1.29 is 24.0 Å². The van der Waals surface area contributed by atoms with Crippen molar-refractivity contribution in [1.82, 2.24) is 4.98 Å². The molecule has 1 amide bonds. The van der Waals surface area contributed by atoms with Gasteiger partial charge in [0.25, 0.3) is 11.5 Å². The van der Waals surface area contributed by atoms with Crippen LogP contribution in [0.15, 0.2) is 72.3 Å². The van der Waals surface area contributed by atoms with Gasteiger partial charge in [-0.15, -0.1) is 0 Å². The van der Waals surface area contributed by atoms with E-state index in [1.54, 1.807) is 0 Å². The van der Waals surface area contributed by atoms with E-state index in [2.05, 4.69) is 4.98 Å². The van der Waals surface area contributed by atoms with Gasteiger partial charge in [0, 0.05) is 17.7 Å². The van der Waals surface area contributed by atoms with E-state index in [-0.39, 0.29) is 22.0 Å². The van der Waals surface area contributed by atoms with Crippen LogP contribution in [-0.2, 0) is 16.0 Å². The summed E-state index contributed by atoms with van der Waals surface area (Å²) in [4.78, 5) is 42.9. The number of carbonyl (C=O) groups excluding carboxylic acids is 2. The molecule has 180 valence electrons. The fourth-order valence-corrected chi connectivity index (χ4v) is 5.22. The van der Waals surface area contributed by atoms with Crippen LogP contribution >= 0.6 is 11.3 Å². The molecule has 0 aliphatic carbocycles. The summed E-state index contributed by atoms with van der Waals surface area (Å²) in [5.41, 5.74) is 1.88. The lowest BCUT2D eigenvalue weighted by atomic mass is 9.95. The molecule has 4 aromatic rings. The molecule has 0 unspecified atom stereocenters. The SMILES string of the molecule is CCc1ccc2nc(N3C(=O)C(=O)/C(=C(/O)c4ccc(F)cc4)[C@@H]3c3ccc([N+](=O)[O-])cc3)sc2c1. The molecule has 1 aliphatic heterocycles. The first-order valence-electron chi connectivity index (χ1n) is 11.0. The van der Waals surface area contributed by atoms with Gasteiger partial charge in [-0.2, -0.15) is 0 Å². The summed E-state index contributed by atoms with van der Waals surface area (Å²) in [6.45, 7) is 2.02. The van der Waals surface area contributed by atoms with Gasteiger partial charge in [0.15, 0.2) is 5.13 Å². The first-order valence-corrected chi connectivity index (χ1v) is 11.8. The summed E-state index contributed by atoms with van der Waals surface area (Å²) < 4.78 is 14.3. The smallest absolute Gasteiger partial charge is 0.301 e. The Morgan fingerprint density at radius 3 is 2.44 bits per heavy atom. The molecule has 5 rings (SSSR count). The normalized spacial score (nSPS) is 17.2. The number of non-ortho nitro benzene ring substituents is 1. The van der Waals surface area contributed by atoms with Crippen LogP contribution in [0.1, 0.15) is 29.7 Å². The molecule has 1 N–H and O–H groups in total. The maximum atomic E-state index is 13.5. The molecule has 1 aliphatic rings. The summed E-state index contributed by atoms with van der Waals surface area (Å²) in [7, 11) is 0. The number of rotatable bonds is 5. The number of ketones is 1. The predicted molar refractivity (Wildman–Crippen MR) is 133 cm³/mol. The van der Waals surface area contributed by atoms with E-state index in [4.69, 9.17) is 0 Å². The highest BCUT2D eigenvalue weighted by atomic mass is 32.1. The van der Waals surface area contributed by atoms with E-state index < -0.39 is 34.2 Å². The van der Waals surface area contributed by atoms with Gasteiger partial charge in [0.2, 0.25) is 0 Å². The molecular weight excluding hydrogens is 485 g/mol. The van der Waals surface area contributed by atoms with Gasteiger partial charge in [-0.3, -0.25) is 24.6 Å². The number of anilines is 1. The van der Waals surface area contributed by atoms with E-state index in [1.807, 2.05) is 25.1 Å². The van der Waals surface area contributed by atoms with Crippen molar-refractivity contribution in [2.24, 2.45) is 0 Å². The number of thiazole rings is 1. The van der Waals surface area contributed by atoms with Gasteiger partial charge in [-0.05, 0) is 66.1 Å². The molecule has 1 atom stereocenters. The lowest BCUT2D eigenvalue weighted by molar-refractivity contribution is -0.384. The third-order valence-corrected chi connectivity index (χ3v) is 7.06. The second-order valence-corrected chi connectivity index (χ2v) is 9.19. The molecule has 1 fully saturated rings. The first kappa shape index (κ1) is 23.3. The van der Waals surface area contributed by atoms with E-state index in [0.29, 0.717) is 11.1 Å². The Morgan fingerprint density at radius 2 is 1.81 bits per heavy atom. The van der Waals surface area contributed by atoms with E-state index in [1.165, 1.54) is 52.6 Å². The number of nitro groups is 1. The van der Waals surface area contributed by atoms with Crippen molar-refractivity contribution in [3.63, 3.8) is 0 Å². The number of aliphatic hydroxyl groups is 1. The van der Waals surface area contributed by atoms with Gasteiger partial charge < -0.3 is 5.11 Å². The Hall–Kier alpha value is -4.44. The average molecular weight is 504 g/mol. The molecule has 0 radical (unpaired) electrons. The second-order valence-electron chi connectivity index (χ2n) is 8.18. The Balaban J connectivity index is 1.71. The number of fused-ring (bicyclic) bond motifs is 1. The number of aryl methyl sites for hydroxylation is 1. The second kappa shape index (κ2) is 8.97. The minimum Gasteiger partial charge on any atom is -0.507 e. The van der Waals surface area contributed by atoms with Crippen molar-refractivity contribution >= 4 is 49.8 Å². The number of carbonyl (C=O) groups is 2. The van der Waals surface area contributed by atoms with E-state index in [0.717, 1.165) is 28.8 Å². The Bertz CT molecular complexity index is 1560. The van der Waals surface area contributed by atoms with Crippen molar-refractivity contribution in [2.75, 3.05) is 4.90 Å². The highest BCUT2D eigenvalue weighted by Gasteiger charge is 2.48. The Morgan fingerprint density at radius 1 is 1.11 bits per heavy atom. The molecular formula is C26H18FN3O5S. The van der Waals surface area contributed by atoms with Crippen LogP contribution in [0.3, 0.4) is 0 Å². The maximum absolute atomic E-state index is 13.5. The summed E-state index contributed by atoms with van der Waals surface area (Å²) >= 11 is 1.23. The van der Waals surface area contributed by atoms with Gasteiger partial charge in [0.1, 0.15) is 11.6 Å². The average Bonchev–Trinajstić information content (AvgIpc) is 3.41. The topological polar surface area (TPSA) is 114 Å². The summed E-state index contributed by atoms with van der Waals surface area (Å²) in [5.74, 6) is -2.83. The molecule has 36 heavy (non-hydrogen) atoms.